The minimum Gasteiger partial charge on any atom is -0.479 e. The van der Waals surface area contributed by atoms with E-state index in [2.05, 4.69) is 15.6 Å². The molecule has 2 aromatic carbocycles. The number of aromatic hydroxyl groups is 1. The van der Waals surface area contributed by atoms with Crippen LogP contribution in [0.3, 0.4) is 0 Å². The topological polar surface area (TPSA) is 70.9 Å². The van der Waals surface area contributed by atoms with Gasteiger partial charge in [0.15, 0.2) is 5.36 Å². The van der Waals surface area contributed by atoms with Crippen molar-refractivity contribution in [3.63, 3.8) is 0 Å². The zero-order valence-electron chi connectivity index (χ0n) is 16.1. The SMILES string of the molecule is Oc1oc(-c2ccc(Cl)cc2)nc1/C=C1\C=c2ccccc2=NC1=[N+]1CCOCC1. The Labute approximate surface area is 177 Å². The molecule has 3 heterocycles. The molecular formula is C23H19ClN3O3+. The molecule has 1 fully saturated rings. The van der Waals surface area contributed by atoms with Crippen molar-refractivity contribution in [1.29, 1.82) is 0 Å². The molecule has 150 valence electrons. The van der Waals surface area contributed by atoms with Gasteiger partial charge in [-0.3, -0.25) is 4.58 Å². The predicted molar refractivity (Wildman–Crippen MR) is 114 cm³/mol. The molecule has 0 radical (unpaired) electrons. The summed E-state index contributed by atoms with van der Waals surface area (Å²) in [4.78, 5) is 9.37. The van der Waals surface area contributed by atoms with E-state index in [1.165, 1.54) is 0 Å². The summed E-state index contributed by atoms with van der Waals surface area (Å²) in [5, 5.41) is 12.9. The van der Waals surface area contributed by atoms with Crippen LogP contribution in [0.2, 0.25) is 5.02 Å². The number of aromatic nitrogens is 1. The number of benzene rings is 2. The van der Waals surface area contributed by atoms with Crippen molar-refractivity contribution in [1.82, 2.24) is 4.98 Å². The summed E-state index contributed by atoms with van der Waals surface area (Å²) in [6.07, 6.45) is 3.87. The Balaban J connectivity index is 1.62. The number of fused-ring (bicyclic) bond motifs is 1. The molecule has 0 aliphatic carbocycles. The van der Waals surface area contributed by atoms with E-state index in [1.54, 1.807) is 24.3 Å². The van der Waals surface area contributed by atoms with Crippen LogP contribution >= 0.6 is 11.6 Å². The Morgan fingerprint density at radius 2 is 1.80 bits per heavy atom. The predicted octanol–water partition coefficient (Wildman–Crippen LogP) is 2.64. The molecule has 5 rings (SSSR count). The quantitative estimate of drug-likeness (QED) is 0.647. The molecule has 1 N–H and O–H groups in total. The lowest BCUT2D eigenvalue weighted by Gasteiger charge is -2.16. The zero-order chi connectivity index (χ0) is 20.5. The summed E-state index contributed by atoms with van der Waals surface area (Å²) < 4.78 is 13.2. The lowest BCUT2D eigenvalue weighted by Crippen LogP contribution is -2.38. The third kappa shape index (κ3) is 3.67. The lowest BCUT2D eigenvalue weighted by molar-refractivity contribution is -0.549. The van der Waals surface area contributed by atoms with Crippen LogP contribution in [0, 0.1) is 0 Å². The summed E-state index contributed by atoms with van der Waals surface area (Å²) in [5.41, 5.74) is 1.95. The van der Waals surface area contributed by atoms with E-state index in [9.17, 15) is 5.11 Å². The van der Waals surface area contributed by atoms with Crippen LogP contribution in [0.1, 0.15) is 5.69 Å². The first-order valence-corrected chi connectivity index (χ1v) is 10.1. The fourth-order valence-electron chi connectivity index (χ4n) is 3.54. The number of ether oxygens (including phenoxy) is 1. The molecule has 0 saturated carbocycles. The first-order valence-electron chi connectivity index (χ1n) is 9.70. The van der Waals surface area contributed by atoms with Gasteiger partial charge in [-0.1, -0.05) is 29.8 Å². The number of rotatable bonds is 2. The molecular weight excluding hydrogens is 402 g/mol. The molecule has 0 bridgehead atoms. The molecule has 0 atom stereocenters. The largest absolute Gasteiger partial charge is 0.479 e. The van der Waals surface area contributed by atoms with Gasteiger partial charge in [0.25, 0.3) is 0 Å². The van der Waals surface area contributed by atoms with Gasteiger partial charge in [0, 0.05) is 15.8 Å². The minimum absolute atomic E-state index is 0.235. The van der Waals surface area contributed by atoms with Gasteiger partial charge < -0.3 is 14.3 Å². The average molecular weight is 421 g/mol. The lowest BCUT2D eigenvalue weighted by atomic mass is 10.1. The third-order valence-corrected chi connectivity index (χ3v) is 5.31. The number of oxazole rings is 1. The van der Waals surface area contributed by atoms with Crippen LogP contribution in [0.15, 0.2) is 63.5 Å². The molecule has 7 heteroatoms. The number of hydrogen-bond acceptors (Lipinski definition) is 4. The van der Waals surface area contributed by atoms with Crippen LogP contribution in [0.25, 0.3) is 23.6 Å². The van der Waals surface area contributed by atoms with E-state index in [1.807, 2.05) is 30.3 Å². The van der Waals surface area contributed by atoms with Crippen LogP contribution < -0.4 is 10.6 Å². The molecule has 3 aromatic rings. The summed E-state index contributed by atoms with van der Waals surface area (Å²) in [7, 11) is 0. The van der Waals surface area contributed by atoms with E-state index in [0.717, 1.165) is 40.6 Å². The highest BCUT2D eigenvalue weighted by molar-refractivity contribution is 6.30. The molecule has 30 heavy (non-hydrogen) atoms. The van der Waals surface area contributed by atoms with Crippen LogP contribution in [-0.2, 0) is 4.74 Å². The molecule has 1 saturated heterocycles. The average Bonchev–Trinajstić information content (AvgIpc) is 3.14. The number of hydrogen-bond donors (Lipinski definition) is 1. The first kappa shape index (κ1) is 18.8. The number of halogens is 1. The Morgan fingerprint density at radius 1 is 1.03 bits per heavy atom. The number of para-hydroxylation sites is 1. The van der Waals surface area contributed by atoms with E-state index in [-0.39, 0.29) is 5.95 Å². The Kier molecular flexibility index (Phi) is 4.94. The third-order valence-electron chi connectivity index (χ3n) is 5.06. The molecule has 1 aromatic heterocycles. The maximum atomic E-state index is 10.4. The van der Waals surface area contributed by atoms with Gasteiger partial charge in [0.2, 0.25) is 5.89 Å². The van der Waals surface area contributed by atoms with E-state index < -0.39 is 0 Å². The first-order chi connectivity index (χ1) is 14.7. The van der Waals surface area contributed by atoms with Crippen molar-refractivity contribution < 1.29 is 18.8 Å². The van der Waals surface area contributed by atoms with E-state index >= 15 is 0 Å². The van der Waals surface area contributed by atoms with Gasteiger partial charge in [-0.2, -0.15) is 0 Å². The molecule has 2 aliphatic rings. The Hall–Kier alpha value is -3.22. The van der Waals surface area contributed by atoms with Crippen molar-refractivity contribution in [2.24, 2.45) is 4.99 Å². The second-order valence-corrected chi connectivity index (χ2v) is 7.49. The van der Waals surface area contributed by atoms with Crippen LogP contribution in [-0.4, -0.2) is 46.8 Å². The summed E-state index contributed by atoms with van der Waals surface area (Å²) in [6, 6.07) is 15.1. The number of morpholine rings is 1. The van der Waals surface area contributed by atoms with Crippen LogP contribution in [0.4, 0.5) is 0 Å². The standard InChI is InChI=1S/C23H18ClN3O3/c24-18-7-5-15(6-8-18)22-26-20(23(28)30-22)14-17-13-16-3-1-2-4-19(16)25-21(17)27-9-11-29-12-10-27/h1-8,13-14H,9-12H2/p+1. The van der Waals surface area contributed by atoms with E-state index in [0.29, 0.717) is 29.8 Å². The highest BCUT2D eigenvalue weighted by atomic mass is 35.5. The van der Waals surface area contributed by atoms with Gasteiger partial charge in [-0.15, -0.1) is 0 Å². The minimum atomic E-state index is -0.235. The number of nitrogens with zero attached hydrogens (tertiary/aromatic N) is 3. The second kappa shape index (κ2) is 7.89. The fourth-order valence-corrected chi connectivity index (χ4v) is 3.66. The molecule has 6 nitrogen and oxygen atoms in total. The van der Waals surface area contributed by atoms with Crippen molar-refractivity contribution in [3.05, 3.63) is 75.4 Å². The Bertz CT molecular complexity index is 1280. The Morgan fingerprint density at radius 3 is 2.60 bits per heavy atom. The normalized spacial score (nSPS) is 17.4. The van der Waals surface area contributed by atoms with Crippen molar-refractivity contribution in [3.8, 4) is 17.4 Å². The van der Waals surface area contributed by atoms with Gasteiger partial charge in [-0.25, -0.2) is 4.98 Å². The zero-order valence-corrected chi connectivity index (χ0v) is 16.8. The molecule has 0 unspecified atom stereocenters. The highest BCUT2D eigenvalue weighted by Crippen LogP contribution is 2.29. The highest BCUT2D eigenvalue weighted by Gasteiger charge is 2.24. The number of amidine groups is 1. The second-order valence-electron chi connectivity index (χ2n) is 7.05. The van der Waals surface area contributed by atoms with Crippen LogP contribution in [0.5, 0.6) is 5.95 Å². The van der Waals surface area contributed by atoms with Crippen molar-refractivity contribution >= 4 is 29.6 Å². The van der Waals surface area contributed by atoms with Gasteiger partial charge >= 0.3 is 11.8 Å². The maximum Gasteiger partial charge on any atom is 0.326 e. The summed E-state index contributed by atoms with van der Waals surface area (Å²) in [6.45, 7) is 2.83. The molecule has 2 aliphatic heterocycles. The fraction of sp³-hybridized carbons (Fsp3) is 0.174. The monoisotopic (exact) mass is 420 g/mol. The van der Waals surface area contributed by atoms with Gasteiger partial charge in [-0.05, 0) is 47.5 Å². The molecule has 0 spiro atoms. The van der Waals surface area contributed by atoms with Crippen molar-refractivity contribution in [2.75, 3.05) is 26.3 Å². The summed E-state index contributed by atoms with van der Waals surface area (Å²) in [5.74, 6) is 0.936. The maximum absolute atomic E-state index is 10.4. The molecule has 0 amide bonds. The smallest absolute Gasteiger partial charge is 0.326 e. The van der Waals surface area contributed by atoms with E-state index in [4.69, 9.17) is 25.7 Å². The van der Waals surface area contributed by atoms with Gasteiger partial charge in [0.05, 0.1) is 18.8 Å². The van der Waals surface area contributed by atoms with Gasteiger partial charge in [0.1, 0.15) is 18.8 Å². The van der Waals surface area contributed by atoms with Crippen molar-refractivity contribution in [2.45, 2.75) is 0 Å². The summed E-state index contributed by atoms with van der Waals surface area (Å²) >= 11 is 5.95.